The van der Waals surface area contributed by atoms with Crippen molar-refractivity contribution in [3.05, 3.63) is 108 Å². The van der Waals surface area contributed by atoms with Crippen LogP contribution < -0.4 is 4.90 Å². The largest absolute Gasteiger partial charge is 0.338 e. The van der Waals surface area contributed by atoms with E-state index < -0.39 is 0 Å². The maximum Gasteiger partial charge on any atom is 0.138 e. The number of aromatic amines is 1. The second-order valence-electron chi connectivity index (χ2n) is 7.66. The Bertz CT molecular complexity index is 1240. The summed E-state index contributed by atoms with van der Waals surface area (Å²) in [5.41, 5.74) is 9.01. The molecule has 4 aromatic carbocycles. The van der Waals surface area contributed by atoms with Crippen molar-refractivity contribution in [3.63, 3.8) is 0 Å². The van der Waals surface area contributed by atoms with Gasteiger partial charge in [0.25, 0.3) is 0 Å². The van der Waals surface area contributed by atoms with Crippen molar-refractivity contribution in [2.45, 2.75) is 13.8 Å². The number of hydrogen-bond acceptors (Lipinski definition) is 2. The Balaban J connectivity index is 1.57. The lowest BCUT2D eigenvalue weighted by atomic mass is 10.1. The van der Waals surface area contributed by atoms with E-state index in [1.54, 1.807) is 0 Å². The molecule has 0 fully saturated rings. The summed E-state index contributed by atoms with van der Waals surface area (Å²) < 4.78 is 0. The fourth-order valence-corrected chi connectivity index (χ4v) is 3.84. The van der Waals surface area contributed by atoms with Gasteiger partial charge in [-0.05, 0) is 85.6 Å². The van der Waals surface area contributed by atoms with Crippen molar-refractivity contribution in [1.29, 1.82) is 0 Å². The molecular formula is C27H23N3. The van der Waals surface area contributed by atoms with E-state index in [0.717, 1.165) is 39.5 Å². The summed E-state index contributed by atoms with van der Waals surface area (Å²) in [5.74, 6) is 0.889. The first-order valence-electron chi connectivity index (χ1n) is 10.2. The number of benzene rings is 4. The minimum Gasteiger partial charge on any atom is -0.338 e. The van der Waals surface area contributed by atoms with E-state index in [1.807, 2.05) is 18.2 Å². The van der Waals surface area contributed by atoms with Gasteiger partial charge in [-0.15, -0.1) is 0 Å². The average Bonchev–Trinajstić information content (AvgIpc) is 3.19. The Morgan fingerprint density at radius 3 is 1.87 bits per heavy atom. The van der Waals surface area contributed by atoms with Gasteiger partial charge < -0.3 is 9.88 Å². The van der Waals surface area contributed by atoms with Crippen LogP contribution in [-0.4, -0.2) is 9.97 Å². The van der Waals surface area contributed by atoms with E-state index in [-0.39, 0.29) is 0 Å². The van der Waals surface area contributed by atoms with Crippen LogP contribution in [0.25, 0.3) is 22.4 Å². The molecule has 30 heavy (non-hydrogen) atoms. The average molecular weight is 390 g/mol. The zero-order chi connectivity index (χ0) is 20.5. The van der Waals surface area contributed by atoms with Gasteiger partial charge in [-0.2, -0.15) is 0 Å². The third kappa shape index (κ3) is 3.46. The normalized spacial score (nSPS) is 11.0. The molecule has 0 saturated carbocycles. The monoisotopic (exact) mass is 389 g/mol. The number of hydrogen-bond donors (Lipinski definition) is 1. The number of H-pyrrole nitrogens is 1. The summed E-state index contributed by atoms with van der Waals surface area (Å²) in [4.78, 5) is 10.4. The highest BCUT2D eigenvalue weighted by Crippen LogP contribution is 2.36. The van der Waals surface area contributed by atoms with E-state index in [0.29, 0.717) is 0 Å². The molecule has 0 amide bonds. The molecule has 0 unspecified atom stereocenters. The van der Waals surface area contributed by atoms with Crippen LogP contribution in [0, 0.1) is 13.8 Å². The molecule has 1 aromatic heterocycles. The van der Waals surface area contributed by atoms with Gasteiger partial charge in [0.2, 0.25) is 0 Å². The summed E-state index contributed by atoms with van der Waals surface area (Å²) in [7, 11) is 0. The van der Waals surface area contributed by atoms with Gasteiger partial charge in [-0.1, -0.05) is 36.4 Å². The van der Waals surface area contributed by atoms with Crippen LogP contribution in [0.1, 0.15) is 11.1 Å². The number of aryl methyl sites for hydroxylation is 2. The standard InChI is InChI=1S/C27H23N3/c1-19-7-5-9-23(17-19)30(24-10-6-8-20(2)18-24)22-15-13-21(14-16-22)27-28-25-11-3-4-12-26(25)29-27/h3-18H,1-2H3,(H,28,29). The fourth-order valence-electron chi connectivity index (χ4n) is 3.84. The van der Waals surface area contributed by atoms with Gasteiger partial charge in [-0.3, -0.25) is 0 Å². The zero-order valence-corrected chi connectivity index (χ0v) is 17.1. The van der Waals surface area contributed by atoms with Gasteiger partial charge in [-0.25, -0.2) is 4.98 Å². The number of anilines is 3. The minimum atomic E-state index is 0.889. The summed E-state index contributed by atoms with van der Waals surface area (Å²) in [6.45, 7) is 4.26. The molecule has 3 heteroatoms. The molecule has 0 aliphatic rings. The highest BCUT2D eigenvalue weighted by molar-refractivity contribution is 5.81. The first-order chi connectivity index (χ1) is 14.7. The predicted molar refractivity (Wildman–Crippen MR) is 126 cm³/mol. The maximum absolute atomic E-state index is 4.73. The van der Waals surface area contributed by atoms with Gasteiger partial charge in [0.05, 0.1) is 11.0 Å². The lowest BCUT2D eigenvalue weighted by Gasteiger charge is -2.26. The van der Waals surface area contributed by atoms with Crippen molar-refractivity contribution in [1.82, 2.24) is 9.97 Å². The Hall–Kier alpha value is -3.85. The summed E-state index contributed by atoms with van der Waals surface area (Å²) >= 11 is 0. The maximum atomic E-state index is 4.73. The fraction of sp³-hybridized carbons (Fsp3) is 0.0741. The lowest BCUT2D eigenvalue weighted by Crippen LogP contribution is -2.10. The Morgan fingerprint density at radius 2 is 1.27 bits per heavy atom. The molecule has 0 atom stereocenters. The number of rotatable bonds is 4. The van der Waals surface area contributed by atoms with Crippen molar-refractivity contribution in [2.75, 3.05) is 4.90 Å². The number of nitrogens with one attached hydrogen (secondary N) is 1. The van der Waals surface area contributed by atoms with Crippen molar-refractivity contribution in [3.8, 4) is 11.4 Å². The molecule has 5 rings (SSSR count). The lowest BCUT2D eigenvalue weighted by molar-refractivity contribution is 1.26. The number of nitrogens with zero attached hydrogens (tertiary/aromatic N) is 2. The molecule has 146 valence electrons. The molecule has 0 saturated heterocycles. The number of imidazole rings is 1. The van der Waals surface area contributed by atoms with E-state index >= 15 is 0 Å². The second-order valence-corrected chi connectivity index (χ2v) is 7.66. The Kier molecular flexibility index (Phi) is 4.56. The summed E-state index contributed by atoms with van der Waals surface area (Å²) in [6, 6.07) is 33.9. The molecule has 0 spiro atoms. The Labute approximate surface area is 176 Å². The van der Waals surface area contributed by atoms with Gasteiger partial charge in [0.1, 0.15) is 5.82 Å². The van der Waals surface area contributed by atoms with Crippen LogP contribution in [0.2, 0.25) is 0 Å². The van der Waals surface area contributed by atoms with Crippen LogP contribution in [-0.2, 0) is 0 Å². The number of aromatic nitrogens is 2. The van der Waals surface area contributed by atoms with Crippen molar-refractivity contribution >= 4 is 28.1 Å². The molecular weight excluding hydrogens is 366 g/mol. The predicted octanol–water partition coefficient (Wildman–Crippen LogP) is 7.32. The van der Waals surface area contributed by atoms with Crippen LogP contribution in [0.5, 0.6) is 0 Å². The van der Waals surface area contributed by atoms with Gasteiger partial charge in [0, 0.05) is 22.6 Å². The zero-order valence-electron chi connectivity index (χ0n) is 17.1. The van der Waals surface area contributed by atoms with E-state index in [2.05, 4.69) is 103 Å². The number of fused-ring (bicyclic) bond motifs is 1. The van der Waals surface area contributed by atoms with Crippen LogP contribution in [0.3, 0.4) is 0 Å². The first kappa shape index (κ1) is 18.2. The van der Waals surface area contributed by atoms with Crippen LogP contribution >= 0.6 is 0 Å². The summed E-state index contributed by atoms with van der Waals surface area (Å²) in [5, 5.41) is 0. The topological polar surface area (TPSA) is 31.9 Å². The molecule has 5 aromatic rings. The molecule has 1 N–H and O–H groups in total. The van der Waals surface area contributed by atoms with Crippen LogP contribution in [0.4, 0.5) is 17.1 Å². The van der Waals surface area contributed by atoms with Crippen molar-refractivity contribution in [2.24, 2.45) is 0 Å². The third-order valence-electron chi connectivity index (χ3n) is 5.31. The van der Waals surface area contributed by atoms with Gasteiger partial charge >= 0.3 is 0 Å². The first-order valence-corrected chi connectivity index (χ1v) is 10.2. The van der Waals surface area contributed by atoms with E-state index in [4.69, 9.17) is 4.98 Å². The molecule has 0 aliphatic carbocycles. The second kappa shape index (κ2) is 7.53. The molecule has 0 bridgehead atoms. The molecule has 0 aliphatic heterocycles. The van der Waals surface area contributed by atoms with E-state index in [9.17, 15) is 0 Å². The van der Waals surface area contributed by atoms with Crippen LogP contribution in [0.15, 0.2) is 97.1 Å². The molecule has 1 heterocycles. The van der Waals surface area contributed by atoms with Gasteiger partial charge in [0.15, 0.2) is 0 Å². The SMILES string of the molecule is Cc1cccc(N(c2ccc(-c3nc4ccccc4[nH]3)cc2)c2cccc(C)c2)c1. The quantitative estimate of drug-likeness (QED) is 0.349. The molecule has 3 nitrogen and oxygen atoms in total. The molecule has 0 radical (unpaired) electrons. The summed E-state index contributed by atoms with van der Waals surface area (Å²) in [6.07, 6.45) is 0. The highest BCUT2D eigenvalue weighted by atomic mass is 15.1. The smallest absolute Gasteiger partial charge is 0.138 e. The minimum absolute atomic E-state index is 0.889. The third-order valence-corrected chi connectivity index (χ3v) is 5.31. The Morgan fingerprint density at radius 1 is 0.633 bits per heavy atom. The highest BCUT2D eigenvalue weighted by Gasteiger charge is 2.13. The number of para-hydroxylation sites is 2. The van der Waals surface area contributed by atoms with Crippen molar-refractivity contribution < 1.29 is 0 Å². The van der Waals surface area contributed by atoms with E-state index in [1.165, 1.54) is 11.1 Å².